The van der Waals surface area contributed by atoms with Crippen LogP contribution in [0, 0.1) is 5.92 Å². The van der Waals surface area contributed by atoms with Crippen LogP contribution in [0.15, 0.2) is 40.8 Å². The van der Waals surface area contributed by atoms with Crippen molar-refractivity contribution in [1.29, 1.82) is 0 Å². The van der Waals surface area contributed by atoms with Gasteiger partial charge in [-0.05, 0) is 32.8 Å². The van der Waals surface area contributed by atoms with Crippen LogP contribution in [-0.4, -0.2) is 39.1 Å². The van der Waals surface area contributed by atoms with Gasteiger partial charge in [0.2, 0.25) is 0 Å². The normalized spacial score (nSPS) is 13.9. The Bertz CT molecular complexity index is 1060. The standard InChI is InChI=1S/C22H27N3O3S/c1-13(2)18(23-6)16-12-29-20(24-16)19(26)15-11-25(21(27)28-22(3,4)5)17-10-8-7-9-14(15)17/h7-13,19,26H,1-6H3. The van der Waals surface area contributed by atoms with Gasteiger partial charge in [0.15, 0.2) is 0 Å². The average Bonchev–Trinajstić information content (AvgIpc) is 3.25. The summed E-state index contributed by atoms with van der Waals surface area (Å²) in [5, 5.41) is 14.3. The summed E-state index contributed by atoms with van der Waals surface area (Å²) in [7, 11) is 1.75. The first-order chi connectivity index (χ1) is 13.6. The summed E-state index contributed by atoms with van der Waals surface area (Å²) in [6.07, 6.45) is 0.210. The number of thiazole rings is 1. The van der Waals surface area contributed by atoms with Crippen molar-refractivity contribution in [2.45, 2.75) is 46.3 Å². The van der Waals surface area contributed by atoms with Gasteiger partial charge in [-0.2, -0.15) is 0 Å². The largest absolute Gasteiger partial charge is 0.443 e. The number of hydrogen-bond donors (Lipinski definition) is 1. The van der Waals surface area contributed by atoms with E-state index in [1.807, 2.05) is 50.4 Å². The van der Waals surface area contributed by atoms with Gasteiger partial charge in [-0.25, -0.2) is 9.78 Å². The molecule has 3 rings (SSSR count). The highest BCUT2D eigenvalue weighted by atomic mass is 32.1. The van der Waals surface area contributed by atoms with Crippen molar-refractivity contribution in [3.63, 3.8) is 0 Å². The van der Waals surface area contributed by atoms with Gasteiger partial charge in [-0.1, -0.05) is 32.0 Å². The van der Waals surface area contributed by atoms with Crippen LogP contribution in [0.5, 0.6) is 0 Å². The monoisotopic (exact) mass is 413 g/mol. The summed E-state index contributed by atoms with van der Waals surface area (Å²) < 4.78 is 6.97. The number of carbonyl (C=O) groups is 1. The third-order valence-corrected chi connectivity index (χ3v) is 5.33. The number of para-hydroxylation sites is 1. The second-order valence-electron chi connectivity index (χ2n) is 8.19. The molecule has 154 valence electrons. The van der Waals surface area contributed by atoms with Gasteiger partial charge in [0.25, 0.3) is 0 Å². The Balaban J connectivity index is 2.02. The Morgan fingerprint density at radius 3 is 2.59 bits per heavy atom. The molecule has 2 aromatic heterocycles. The molecule has 0 spiro atoms. The predicted molar refractivity (Wildman–Crippen MR) is 117 cm³/mol. The first kappa shape index (κ1) is 21.2. The number of hydrogen-bond acceptors (Lipinski definition) is 6. The van der Waals surface area contributed by atoms with E-state index < -0.39 is 17.8 Å². The highest BCUT2D eigenvalue weighted by Crippen LogP contribution is 2.33. The van der Waals surface area contributed by atoms with E-state index in [0.29, 0.717) is 16.1 Å². The number of fused-ring (bicyclic) bond motifs is 1. The van der Waals surface area contributed by atoms with E-state index in [1.54, 1.807) is 13.2 Å². The Hall–Kier alpha value is -2.51. The third-order valence-electron chi connectivity index (χ3n) is 4.43. The molecule has 1 atom stereocenters. The minimum atomic E-state index is -0.951. The van der Waals surface area contributed by atoms with Gasteiger partial charge >= 0.3 is 6.09 Å². The maximum atomic E-state index is 12.7. The molecular formula is C22H27N3O3S. The molecule has 0 radical (unpaired) electrons. The number of rotatable bonds is 4. The lowest BCUT2D eigenvalue weighted by Crippen LogP contribution is -2.26. The lowest BCUT2D eigenvalue weighted by atomic mass is 10.1. The SMILES string of the molecule is CN=C(c1csc(C(O)c2cn(C(=O)OC(C)(C)C)c3ccccc23)n1)C(C)C. The second-order valence-corrected chi connectivity index (χ2v) is 9.08. The zero-order valence-corrected chi connectivity index (χ0v) is 18.4. The van der Waals surface area contributed by atoms with E-state index in [1.165, 1.54) is 15.9 Å². The lowest BCUT2D eigenvalue weighted by Gasteiger charge is -2.19. The highest BCUT2D eigenvalue weighted by Gasteiger charge is 2.25. The zero-order chi connectivity index (χ0) is 21.3. The van der Waals surface area contributed by atoms with Crippen LogP contribution in [0.4, 0.5) is 4.79 Å². The number of ether oxygens (including phenoxy) is 1. The molecule has 6 nitrogen and oxygen atoms in total. The molecular weight excluding hydrogens is 386 g/mol. The van der Waals surface area contributed by atoms with Gasteiger partial charge in [-0.3, -0.25) is 9.56 Å². The fraction of sp³-hybridized carbons (Fsp3) is 0.409. The number of carbonyl (C=O) groups excluding carboxylic acids is 1. The Morgan fingerprint density at radius 2 is 1.97 bits per heavy atom. The van der Waals surface area contributed by atoms with Crippen LogP contribution in [0.3, 0.4) is 0 Å². The number of aromatic nitrogens is 2. The van der Waals surface area contributed by atoms with Crippen LogP contribution in [0.1, 0.15) is 57.0 Å². The Labute approximate surface area is 174 Å². The molecule has 0 saturated heterocycles. The zero-order valence-electron chi connectivity index (χ0n) is 17.6. The number of aliphatic hydroxyl groups is 1. The molecule has 1 N–H and O–H groups in total. The predicted octanol–water partition coefficient (Wildman–Crippen LogP) is 5.04. The first-order valence-electron chi connectivity index (χ1n) is 9.56. The van der Waals surface area contributed by atoms with Crippen LogP contribution >= 0.6 is 11.3 Å². The van der Waals surface area contributed by atoms with E-state index in [9.17, 15) is 9.90 Å². The molecule has 3 aromatic rings. The van der Waals surface area contributed by atoms with Crippen molar-refractivity contribution in [1.82, 2.24) is 9.55 Å². The highest BCUT2D eigenvalue weighted by molar-refractivity contribution is 7.10. The minimum absolute atomic E-state index is 0.237. The summed E-state index contributed by atoms with van der Waals surface area (Å²) in [6.45, 7) is 9.60. The fourth-order valence-corrected chi connectivity index (χ4v) is 4.03. The quantitative estimate of drug-likeness (QED) is 0.608. The molecule has 0 saturated carbocycles. The Kier molecular flexibility index (Phi) is 5.91. The summed E-state index contributed by atoms with van der Waals surface area (Å²) >= 11 is 1.38. The maximum Gasteiger partial charge on any atom is 0.419 e. The van der Waals surface area contributed by atoms with Gasteiger partial charge in [0.1, 0.15) is 16.7 Å². The van der Waals surface area contributed by atoms with Crippen LogP contribution in [0.2, 0.25) is 0 Å². The van der Waals surface area contributed by atoms with Crippen LogP contribution in [-0.2, 0) is 4.74 Å². The van der Waals surface area contributed by atoms with Crippen LogP contribution in [0.25, 0.3) is 10.9 Å². The van der Waals surface area contributed by atoms with Crippen molar-refractivity contribution < 1.29 is 14.6 Å². The molecule has 0 amide bonds. The molecule has 1 unspecified atom stereocenters. The number of aliphatic imine (C=N–C) groups is 1. The third kappa shape index (κ3) is 4.41. The van der Waals surface area contributed by atoms with Crippen molar-refractivity contribution in [3.8, 4) is 0 Å². The topological polar surface area (TPSA) is 76.7 Å². The van der Waals surface area contributed by atoms with Crippen molar-refractivity contribution >= 4 is 34.0 Å². The first-order valence-corrected chi connectivity index (χ1v) is 10.4. The van der Waals surface area contributed by atoms with Crippen molar-refractivity contribution in [3.05, 3.63) is 52.1 Å². The molecule has 7 heteroatoms. The molecule has 0 aliphatic rings. The van der Waals surface area contributed by atoms with Crippen molar-refractivity contribution in [2.24, 2.45) is 10.9 Å². The summed E-state index contributed by atoms with van der Waals surface area (Å²) in [4.78, 5) is 21.6. The summed E-state index contributed by atoms with van der Waals surface area (Å²) in [6, 6.07) is 7.46. The minimum Gasteiger partial charge on any atom is -0.443 e. The fourth-order valence-electron chi connectivity index (χ4n) is 3.22. The van der Waals surface area contributed by atoms with Gasteiger partial charge in [-0.15, -0.1) is 11.3 Å². The smallest absolute Gasteiger partial charge is 0.419 e. The van der Waals surface area contributed by atoms with Gasteiger partial charge in [0, 0.05) is 29.6 Å². The molecule has 0 bridgehead atoms. The van der Waals surface area contributed by atoms with Gasteiger partial charge in [0.05, 0.1) is 16.9 Å². The number of nitrogens with zero attached hydrogens (tertiary/aromatic N) is 3. The molecule has 0 aliphatic heterocycles. The van der Waals surface area contributed by atoms with E-state index in [-0.39, 0.29) is 5.92 Å². The maximum absolute atomic E-state index is 12.7. The molecule has 0 fully saturated rings. The van der Waals surface area contributed by atoms with E-state index in [4.69, 9.17) is 4.74 Å². The summed E-state index contributed by atoms with van der Waals surface area (Å²) in [5.41, 5.74) is 2.36. The number of benzene rings is 1. The van der Waals surface area contributed by atoms with Crippen LogP contribution < -0.4 is 0 Å². The van der Waals surface area contributed by atoms with E-state index in [2.05, 4.69) is 23.8 Å². The average molecular weight is 414 g/mol. The lowest BCUT2D eigenvalue weighted by molar-refractivity contribution is 0.0544. The van der Waals surface area contributed by atoms with E-state index in [0.717, 1.165) is 16.8 Å². The molecule has 1 aromatic carbocycles. The molecule has 2 heterocycles. The number of aliphatic hydroxyl groups excluding tert-OH is 1. The Morgan fingerprint density at radius 1 is 1.28 bits per heavy atom. The van der Waals surface area contributed by atoms with Gasteiger partial charge < -0.3 is 9.84 Å². The molecule has 29 heavy (non-hydrogen) atoms. The summed E-state index contributed by atoms with van der Waals surface area (Å²) in [5.74, 6) is 0.237. The molecule has 0 aliphatic carbocycles. The second kappa shape index (κ2) is 8.08. The van der Waals surface area contributed by atoms with Crippen molar-refractivity contribution in [2.75, 3.05) is 7.05 Å². The van der Waals surface area contributed by atoms with E-state index >= 15 is 0 Å².